The number of aromatic hydroxyl groups is 2. The average Bonchev–Trinajstić information content (AvgIpc) is 2.62. The van der Waals surface area contributed by atoms with Crippen molar-refractivity contribution < 1.29 is 29.3 Å². The number of carbonyl (C=O) groups is 2. The molecule has 27 heavy (non-hydrogen) atoms. The predicted molar refractivity (Wildman–Crippen MR) is 99.7 cm³/mol. The van der Waals surface area contributed by atoms with E-state index in [1.54, 1.807) is 39.8 Å². The molecule has 6 heteroatoms. The molecule has 2 aromatic rings. The third-order valence-corrected chi connectivity index (χ3v) is 4.42. The molecule has 0 fully saturated rings. The molecule has 0 amide bonds. The number of hydrogen-bond donors (Lipinski definition) is 2. The Bertz CT molecular complexity index is 784. The lowest BCUT2D eigenvalue weighted by Gasteiger charge is -2.31. The number of benzene rings is 2. The summed E-state index contributed by atoms with van der Waals surface area (Å²) in [5.41, 5.74) is -0.232. The van der Waals surface area contributed by atoms with Crippen LogP contribution in [0.15, 0.2) is 36.4 Å². The number of carbonyl (C=O) groups excluding carboxylic acids is 2. The van der Waals surface area contributed by atoms with Crippen molar-refractivity contribution in [2.45, 2.75) is 33.1 Å². The van der Waals surface area contributed by atoms with Crippen molar-refractivity contribution in [3.05, 3.63) is 58.7 Å². The maximum absolute atomic E-state index is 13.1. The zero-order valence-corrected chi connectivity index (χ0v) is 15.9. The molecule has 6 nitrogen and oxygen atoms in total. The summed E-state index contributed by atoms with van der Waals surface area (Å²) in [6.45, 7) is 6.79. The molecule has 0 aliphatic rings. The van der Waals surface area contributed by atoms with Crippen molar-refractivity contribution in [1.82, 2.24) is 0 Å². The molecule has 0 aliphatic carbocycles. The molecule has 0 spiro atoms. The smallest absolute Gasteiger partial charge is 0.332 e. The summed E-state index contributed by atoms with van der Waals surface area (Å²) >= 11 is 0. The number of phenols is 2. The summed E-state index contributed by atoms with van der Waals surface area (Å²) in [7, 11) is 0. The van der Waals surface area contributed by atoms with Gasteiger partial charge in [-0.2, -0.15) is 0 Å². The van der Waals surface area contributed by atoms with E-state index in [-0.39, 0.29) is 24.7 Å². The highest BCUT2D eigenvalue weighted by atomic mass is 16.6. The van der Waals surface area contributed by atoms with E-state index in [4.69, 9.17) is 9.47 Å². The van der Waals surface area contributed by atoms with Gasteiger partial charge in [0.25, 0.3) is 0 Å². The number of ether oxygens (including phenoxy) is 2. The quantitative estimate of drug-likeness (QED) is 0.598. The Morgan fingerprint density at radius 2 is 1.19 bits per heavy atom. The van der Waals surface area contributed by atoms with Gasteiger partial charge in [-0.25, -0.2) is 0 Å². The van der Waals surface area contributed by atoms with Crippen LogP contribution in [0.25, 0.3) is 0 Å². The van der Waals surface area contributed by atoms with Crippen molar-refractivity contribution in [1.29, 1.82) is 0 Å². The first-order valence-corrected chi connectivity index (χ1v) is 8.73. The second kappa shape index (κ2) is 8.12. The standard InChI is InChI=1S/C21H24O6/c1-5-26-19(24)21(20(25)27-6-2,15-7-9-17(22)13(3)11-15)16-8-10-18(23)14(4)12-16/h7-12,22-23H,5-6H2,1-4H3. The molecule has 0 saturated heterocycles. The van der Waals surface area contributed by atoms with Crippen LogP contribution in [0, 0.1) is 13.8 Å². The summed E-state index contributed by atoms with van der Waals surface area (Å²) in [6.07, 6.45) is 0. The van der Waals surface area contributed by atoms with Crippen molar-refractivity contribution in [2.24, 2.45) is 0 Å². The molecule has 2 rings (SSSR count). The van der Waals surface area contributed by atoms with Crippen molar-refractivity contribution in [3.63, 3.8) is 0 Å². The Balaban J connectivity index is 2.87. The largest absolute Gasteiger partial charge is 0.508 e. The first kappa shape index (κ1) is 20.3. The number of phenolic OH excluding ortho intramolecular Hbond substituents is 2. The molecular weight excluding hydrogens is 348 g/mol. The maximum atomic E-state index is 13.1. The molecule has 0 aromatic heterocycles. The number of rotatable bonds is 6. The molecule has 2 N–H and O–H groups in total. The Kier molecular flexibility index (Phi) is 6.10. The van der Waals surface area contributed by atoms with Gasteiger partial charge in [0.05, 0.1) is 13.2 Å². The van der Waals surface area contributed by atoms with Crippen molar-refractivity contribution in [3.8, 4) is 11.5 Å². The first-order chi connectivity index (χ1) is 12.8. The third-order valence-electron chi connectivity index (χ3n) is 4.42. The average molecular weight is 372 g/mol. The normalized spacial score (nSPS) is 11.1. The highest BCUT2D eigenvalue weighted by Crippen LogP contribution is 2.38. The van der Waals surface area contributed by atoms with Gasteiger partial charge in [0.15, 0.2) is 0 Å². The zero-order chi connectivity index (χ0) is 20.2. The monoisotopic (exact) mass is 372 g/mol. The fourth-order valence-electron chi connectivity index (χ4n) is 2.98. The van der Waals surface area contributed by atoms with Crippen LogP contribution in [-0.4, -0.2) is 35.4 Å². The molecule has 2 aromatic carbocycles. The zero-order valence-electron chi connectivity index (χ0n) is 15.9. The van der Waals surface area contributed by atoms with E-state index in [9.17, 15) is 19.8 Å². The van der Waals surface area contributed by atoms with Crippen LogP contribution in [0.1, 0.15) is 36.1 Å². The Morgan fingerprint density at radius 1 is 0.815 bits per heavy atom. The summed E-state index contributed by atoms with van der Waals surface area (Å²) in [5.74, 6) is -1.47. The summed E-state index contributed by atoms with van der Waals surface area (Å²) in [6, 6.07) is 8.96. The van der Waals surface area contributed by atoms with Crippen molar-refractivity contribution in [2.75, 3.05) is 13.2 Å². The Labute approximate surface area is 158 Å². The van der Waals surface area contributed by atoms with Crippen LogP contribution in [0.2, 0.25) is 0 Å². The molecule has 0 aliphatic heterocycles. The number of aryl methyl sites for hydroxylation is 2. The lowest BCUT2D eigenvalue weighted by atomic mass is 9.73. The van der Waals surface area contributed by atoms with Gasteiger partial charge in [-0.3, -0.25) is 9.59 Å². The highest BCUT2D eigenvalue weighted by molar-refractivity contribution is 6.10. The van der Waals surface area contributed by atoms with Crippen LogP contribution >= 0.6 is 0 Å². The second-order valence-corrected chi connectivity index (χ2v) is 6.19. The Morgan fingerprint density at radius 3 is 1.48 bits per heavy atom. The minimum atomic E-state index is -1.87. The van der Waals surface area contributed by atoms with Crippen LogP contribution in [0.3, 0.4) is 0 Å². The molecule has 0 unspecified atom stereocenters. The SMILES string of the molecule is CCOC(=O)C(C(=O)OCC)(c1ccc(O)c(C)c1)c1ccc(O)c(C)c1. The minimum absolute atomic E-state index is 0.0438. The summed E-state index contributed by atoms with van der Waals surface area (Å²) < 4.78 is 10.5. The predicted octanol–water partition coefficient (Wildman–Crippen LogP) is 3.13. The first-order valence-electron chi connectivity index (χ1n) is 8.73. The van der Waals surface area contributed by atoms with E-state index in [0.717, 1.165) is 0 Å². The van der Waals surface area contributed by atoms with E-state index in [1.807, 2.05) is 0 Å². The lowest BCUT2D eigenvalue weighted by Crippen LogP contribution is -2.47. The molecule has 144 valence electrons. The Hall–Kier alpha value is -3.02. The summed E-state index contributed by atoms with van der Waals surface area (Å²) in [5, 5.41) is 19.8. The third kappa shape index (κ3) is 3.60. The van der Waals surface area contributed by atoms with Crippen LogP contribution in [0.5, 0.6) is 11.5 Å². The lowest BCUT2D eigenvalue weighted by molar-refractivity contribution is -0.162. The van der Waals surface area contributed by atoms with E-state index >= 15 is 0 Å². The number of hydrogen-bond acceptors (Lipinski definition) is 6. The van der Waals surface area contributed by atoms with Gasteiger partial charge in [0, 0.05) is 0 Å². The van der Waals surface area contributed by atoms with Crippen molar-refractivity contribution >= 4 is 11.9 Å². The minimum Gasteiger partial charge on any atom is -0.508 e. The van der Waals surface area contributed by atoms with Gasteiger partial charge in [-0.1, -0.05) is 24.3 Å². The van der Waals surface area contributed by atoms with Gasteiger partial charge in [-0.15, -0.1) is 0 Å². The van der Waals surface area contributed by atoms with Gasteiger partial charge < -0.3 is 19.7 Å². The van der Waals surface area contributed by atoms with E-state index in [1.165, 1.54) is 24.3 Å². The fraction of sp³-hybridized carbons (Fsp3) is 0.333. The van der Waals surface area contributed by atoms with Gasteiger partial charge in [0.2, 0.25) is 5.41 Å². The van der Waals surface area contributed by atoms with Gasteiger partial charge in [0.1, 0.15) is 11.5 Å². The van der Waals surface area contributed by atoms with Crippen LogP contribution in [0.4, 0.5) is 0 Å². The molecular formula is C21H24O6. The van der Waals surface area contributed by atoms with Gasteiger partial charge >= 0.3 is 11.9 Å². The van der Waals surface area contributed by atoms with Gasteiger partial charge in [-0.05, 0) is 62.1 Å². The highest BCUT2D eigenvalue weighted by Gasteiger charge is 2.52. The second-order valence-electron chi connectivity index (χ2n) is 6.19. The number of esters is 2. The van der Waals surface area contributed by atoms with E-state index in [2.05, 4.69) is 0 Å². The van der Waals surface area contributed by atoms with E-state index in [0.29, 0.717) is 22.3 Å². The topological polar surface area (TPSA) is 93.1 Å². The molecule has 0 bridgehead atoms. The van der Waals surface area contributed by atoms with E-state index < -0.39 is 17.4 Å². The van der Waals surface area contributed by atoms with Crippen LogP contribution < -0.4 is 0 Å². The fourth-order valence-corrected chi connectivity index (χ4v) is 2.98. The van der Waals surface area contributed by atoms with Crippen LogP contribution in [-0.2, 0) is 24.5 Å². The maximum Gasteiger partial charge on any atom is 0.332 e. The summed E-state index contributed by atoms with van der Waals surface area (Å²) in [4.78, 5) is 26.3. The molecule has 0 heterocycles. The molecule has 0 saturated carbocycles. The molecule has 0 radical (unpaired) electrons. The molecule has 0 atom stereocenters.